The lowest BCUT2D eigenvalue weighted by Gasteiger charge is -2.50. The molecule has 0 spiro atoms. The molecule has 0 bridgehead atoms. The molecule has 116 valence electrons. The molecule has 2 amide bonds. The number of nitrogens with zero attached hydrogens (tertiary/aromatic N) is 1. The lowest BCUT2D eigenvalue weighted by Crippen LogP contribution is -2.76. The fourth-order valence-corrected chi connectivity index (χ4v) is 3.42. The number of fused-ring (bicyclic) bond motifs is 1. The predicted molar refractivity (Wildman–Crippen MR) is 72.7 cm³/mol. The van der Waals surface area contributed by atoms with Crippen LogP contribution in [0.25, 0.3) is 0 Å². The highest BCUT2D eigenvalue weighted by Crippen LogP contribution is 2.36. The van der Waals surface area contributed by atoms with Gasteiger partial charge in [-0.15, -0.1) is 11.8 Å². The van der Waals surface area contributed by atoms with Crippen molar-refractivity contribution in [1.82, 2.24) is 10.2 Å². The van der Waals surface area contributed by atoms with E-state index in [-0.39, 0.29) is 5.75 Å². The molecule has 3 atom stereocenters. The summed E-state index contributed by atoms with van der Waals surface area (Å²) in [5, 5.41) is 10.9. The van der Waals surface area contributed by atoms with Crippen molar-refractivity contribution in [2.24, 2.45) is 0 Å². The van der Waals surface area contributed by atoms with Crippen molar-refractivity contribution >= 4 is 35.5 Å². The minimum absolute atomic E-state index is 0.00207. The summed E-state index contributed by atoms with van der Waals surface area (Å²) < 4.78 is 5.05. The molecule has 0 aromatic carbocycles. The molecular formula is C12H16N2O6S. The molecule has 2 fully saturated rings. The molecular weight excluding hydrogens is 300 g/mol. The SMILES string of the molecule is CC(C)(C)OC(=O)NC1C(=O)N2C(C(=O)O)C(=O)CSC12. The first-order chi connectivity index (χ1) is 9.61. The number of carboxylic acid groups (broad SMARTS) is 1. The number of aliphatic carboxylic acids is 1. The number of carbonyl (C=O) groups is 4. The predicted octanol–water partition coefficient (Wildman–Crippen LogP) is -0.183. The number of hydrogen-bond acceptors (Lipinski definition) is 6. The van der Waals surface area contributed by atoms with Gasteiger partial charge in [0, 0.05) is 0 Å². The van der Waals surface area contributed by atoms with Gasteiger partial charge in [0.25, 0.3) is 0 Å². The van der Waals surface area contributed by atoms with Gasteiger partial charge < -0.3 is 20.1 Å². The third-order valence-electron chi connectivity index (χ3n) is 2.97. The molecule has 0 aromatic heterocycles. The zero-order chi connectivity index (χ0) is 15.9. The smallest absolute Gasteiger partial charge is 0.408 e. The van der Waals surface area contributed by atoms with Crippen LogP contribution in [0.4, 0.5) is 4.79 Å². The Kier molecular flexibility index (Phi) is 3.87. The second-order valence-electron chi connectivity index (χ2n) is 5.78. The number of thioether (sulfide) groups is 1. The normalized spacial score (nSPS) is 28.5. The second-order valence-corrected chi connectivity index (χ2v) is 6.88. The molecule has 2 heterocycles. The van der Waals surface area contributed by atoms with E-state index in [2.05, 4.69) is 5.32 Å². The summed E-state index contributed by atoms with van der Waals surface area (Å²) in [4.78, 5) is 47.3. The molecule has 0 aromatic rings. The number of rotatable bonds is 2. The van der Waals surface area contributed by atoms with Gasteiger partial charge in [-0.25, -0.2) is 9.59 Å². The number of carboxylic acids is 1. The summed E-state index contributed by atoms with van der Waals surface area (Å²) in [5.41, 5.74) is -0.699. The lowest BCUT2D eigenvalue weighted by molar-refractivity contribution is -0.164. The van der Waals surface area contributed by atoms with Crippen LogP contribution in [0.2, 0.25) is 0 Å². The van der Waals surface area contributed by atoms with E-state index in [4.69, 9.17) is 9.84 Å². The fraction of sp³-hybridized carbons (Fsp3) is 0.667. The molecule has 2 aliphatic rings. The number of amides is 2. The van der Waals surface area contributed by atoms with Gasteiger partial charge in [-0.2, -0.15) is 0 Å². The van der Waals surface area contributed by atoms with E-state index >= 15 is 0 Å². The first kappa shape index (κ1) is 15.6. The third kappa shape index (κ3) is 2.97. The van der Waals surface area contributed by atoms with E-state index in [9.17, 15) is 19.2 Å². The van der Waals surface area contributed by atoms with Crippen LogP contribution >= 0.6 is 11.8 Å². The van der Waals surface area contributed by atoms with Gasteiger partial charge >= 0.3 is 12.1 Å². The van der Waals surface area contributed by atoms with Crippen LogP contribution in [0.5, 0.6) is 0 Å². The van der Waals surface area contributed by atoms with Crippen molar-refractivity contribution in [2.75, 3.05) is 5.75 Å². The highest BCUT2D eigenvalue weighted by molar-refractivity contribution is 8.00. The van der Waals surface area contributed by atoms with Crippen molar-refractivity contribution in [3.8, 4) is 0 Å². The second kappa shape index (κ2) is 5.21. The van der Waals surface area contributed by atoms with Crippen molar-refractivity contribution in [2.45, 2.75) is 43.8 Å². The van der Waals surface area contributed by atoms with E-state index in [1.165, 1.54) is 0 Å². The van der Waals surface area contributed by atoms with Gasteiger partial charge in [0.15, 0.2) is 11.8 Å². The number of nitrogens with one attached hydrogen (secondary N) is 1. The fourth-order valence-electron chi connectivity index (χ4n) is 2.16. The zero-order valence-electron chi connectivity index (χ0n) is 11.8. The summed E-state index contributed by atoms with van der Waals surface area (Å²) in [6.45, 7) is 5.07. The Labute approximate surface area is 125 Å². The summed E-state index contributed by atoms with van der Waals surface area (Å²) >= 11 is 1.14. The van der Waals surface area contributed by atoms with Crippen molar-refractivity contribution in [3.63, 3.8) is 0 Å². The maximum Gasteiger partial charge on any atom is 0.408 e. The summed E-state index contributed by atoms with van der Waals surface area (Å²) in [6.07, 6.45) is -0.745. The number of hydrogen-bond donors (Lipinski definition) is 2. The van der Waals surface area contributed by atoms with Crippen molar-refractivity contribution in [3.05, 3.63) is 0 Å². The monoisotopic (exact) mass is 316 g/mol. The topological polar surface area (TPSA) is 113 Å². The molecule has 8 nitrogen and oxygen atoms in total. The number of ether oxygens (including phenoxy) is 1. The Bertz CT molecular complexity index is 514. The van der Waals surface area contributed by atoms with Crippen molar-refractivity contribution < 1.29 is 29.0 Å². The number of ketones is 1. The number of Topliss-reactive ketones (excluding diaryl/α,β-unsaturated/α-hetero) is 1. The van der Waals surface area contributed by atoms with E-state index < -0.39 is 46.8 Å². The molecule has 2 aliphatic heterocycles. The Balaban J connectivity index is 2.04. The molecule has 2 N–H and O–H groups in total. The molecule has 0 aliphatic carbocycles. The van der Waals surface area contributed by atoms with Crippen LogP contribution in [-0.4, -0.2) is 62.6 Å². The van der Waals surface area contributed by atoms with Gasteiger partial charge in [0.05, 0.1) is 5.75 Å². The highest BCUT2D eigenvalue weighted by atomic mass is 32.2. The quantitative estimate of drug-likeness (QED) is 0.536. The molecule has 2 rings (SSSR count). The summed E-state index contributed by atoms with van der Waals surface area (Å²) in [7, 11) is 0. The first-order valence-corrected chi connectivity index (χ1v) is 7.35. The van der Waals surface area contributed by atoms with Gasteiger partial charge in [-0.1, -0.05) is 0 Å². The minimum Gasteiger partial charge on any atom is -0.479 e. The molecule has 9 heteroatoms. The van der Waals surface area contributed by atoms with Crippen LogP contribution in [0.3, 0.4) is 0 Å². The average Bonchev–Trinajstić information content (AvgIpc) is 2.33. The highest BCUT2D eigenvalue weighted by Gasteiger charge is 2.58. The molecule has 3 unspecified atom stereocenters. The number of carbonyl (C=O) groups excluding carboxylic acids is 3. The molecule has 0 radical (unpaired) electrons. The van der Waals surface area contributed by atoms with Gasteiger partial charge in [0.2, 0.25) is 5.91 Å². The zero-order valence-corrected chi connectivity index (χ0v) is 12.6. The van der Waals surface area contributed by atoms with Crippen LogP contribution < -0.4 is 5.32 Å². The van der Waals surface area contributed by atoms with E-state index in [0.29, 0.717) is 0 Å². The average molecular weight is 316 g/mol. The Morgan fingerprint density at radius 3 is 2.52 bits per heavy atom. The molecule has 0 saturated carbocycles. The molecule has 21 heavy (non-hydrogen) atoms. The number of β-lactam (4-membered cyclic amide) rings is 1. The lowest BCUT2D eigenvalue weighted by atomic mass is 10.0. The van der Waals surface area contributed by atoms with E-state index in [1.807, 2.05) is 0 Å². The van der Waals surface area contributed by atoms with E-state index in [1.54, 1.807) is 20.8 Å². The standard InChI is InChI=1S/C12H16N2O6S/c1-12(2,3)20-11(19)13-6-8(16)14-7(10(17)18)5(15)4-21-9(6)14/h6-7,9H,4H2,1-3H3,(H,13,19)(H,17,18). The van der Waals surface area contributed by atoms with Crippen LogP contribution in [0.1, 0.15) is 20.8 Å². The third-order valence-corrected chi connectivity index (χ3v) is 4.26. The summed E-state index contributed by atoms with van der Waals surface area (Å²) in [6, 6.07) is -2.32. The van der Waals surface area contributed by atoms with Gasteiger partial charge in [-0.3, -0.25) is 9.59 Å². The Morgan fingerprint density at radius 1 is 1.38 bits per heavy atom. The van der Waals surface area contributed by atoms with Crippen LogP contribution in [0.15, 0.2) is 0 Å². The molecule has 2 saturated heterocycles. The summed E-state index contributed by atoms with van der Waals surface area (Å²) in [5.74, 6) is -2.46. The maximum absolute atomic E-state index is 12.0. The van der Waals surface area contributed by atoms with E-state index in [0.717, 1.165) is 16.7 Å². The largest absolute Gasteiger partial charge is 0.479 e. The maximum atomic E-state index is 12.0. The van der Waals surface area contributed by atoms with Crippen LogP contribution in [0, 0.1) is 0 Å². The Hall–Kier alpha value is -1.77. The number of alkyl carbamates (subject to hydrolysis) is 1. The van der Waals surface area contributed by atoms with Gasteiger partial charge in [0.1, 0.15) is 17.0 Å². The van der Waals surface area contributed by atoms with Crippen molar-refractivity contribution in [1.29, 1.82) is 0 Å². The van der Waals surface area contributed by atoms with Crippen LogP contribution in [-0.2, 0) is 19.1 Å². The Morgan fingerprint density at radius 2 is 2.00 bits per heavy atom. The first-order valence-electron chi connectivity index (χ1n) is 6.30. The van der Waals surface area contributed by atoms with Gasteiger partial charge in [-0.05, 0) is 20.8 Å². The minimum atomic E-state index is -1.46.